The molecule has 1 aromatic carbocycles. The SMILES string of the molecule is Cn1nc(CCO)c(=O)c2ccccc21. The summed E-state index contributed by atoms with van der Waals surface area (Å²) in [6.07, 6.45) is 0.303. The topological polar surface area (TPSA) is 55.1 Å². The molecule has 0 aliphatic carbocycles. The monoisotopic (exact) mass is 204 g/mol. The van der Waals surface area contributed by atoms with E-state index in [0.717, 1.165) is 5.52 Å². The zero-order valence-corrected chi connectivity index (χ0v) is 8.47. The number of aromatic nitrogens is 2. The lowest BCUT2D eigenvalue weighted by Gasteiger charge is -2.06. The van der Waals surface area contributed by atoms with Gasteiger partial charge >= 0.3 is 0 Å². The van der Waals surface area contributed by atoms with Gasteiger partial charge in [-0.25, -0.2) is 0 Å². The van der Waals surface area contributed by atoms with Crippen LogP contribution in [0.5, 0.6) is 0 Å². The molecule has 0 unspecified atom stereocenters. The van der Waals surface area contributed by atoms with Crippen molar-refractivity contribution in [1.82, 2.24) is 9.78 Å². The first-order chi connectivity index (χ1) is 7.24. The molecule has 0 aliphatic rings. The van der Waals surface area contributed by atoms with Crippen molar-refractivity contribution in [2.24, 2.45) is 7.05 Å². The third-order valence-electron chi connectivity index (χ3n) is 2.38. The van der Waals surface area contributed by atoms with Crippen LogP contribution < -0.4 is 5.43 Å². The molecule has 0 amide bonds. The highest BCUT2D eigenvalue weighted by Gasteiger charge is 2.07. The first-order valence-corrected chi connectivity index (χ1v) is 4.80. The Bertz CT molecular complexity index is 546. The molecule has 1 aromatic heterocycles. The van der Waals surface area contributed by atoms with Crippen molar-refractivity contribution in [3.8, 4) is 0 Å². The number of aliphatic hydroxyl groups is 1. The van der Waals surface area contributed by atoms with Gasteiger partial charge in [0.2, 0.25) is 5.43 Å². The summed E-state index contributed by atoms with van der Waals surface area (Å²) in [6, 6.07) is 7.33. The molecule has 4 heteroatoms. The lowest BCUT2D eigenvalue weighted by Crippen LogP contribution is -2.18. The molecule has 0 saturated carbocycles. The van der Waals surface area contributed by atoms with E-state index in [1.165, 1.54) is 0 Å². The van der Waals surface area contributed by atoms with Gasteiger partial charge in [0.15, 0.2) is 0 Å². The van der Waals surface area contributed by atoms with Crippen LogP contribution in [0.4, 0.5) is 0 Å². The van der Waals surface area contributed by atoms with Crippen molar-refractivity contribution in [2.45, 2.75) is 6.42 Å². The van der Waals surface area contributed by atoms with Crippen LogP contribution in [-0.4, -0.2) is 21.5 Å². The molecule has 0 radical (unpaired) electrons. The molecule has 1 N–H and O–H groups in total. The Labute approximate surface area is 86.8 Å². The Balaban J connectivity index is 2.79. The van der Waals surface area contributed by atoms with Gasteiger partial charge in [-0.05, 0) is 12.1 Å². The van der Waals surface area contributed by atoms with E-state index in [4.69, 9.17) is 5.11 Å². The van der Waals surface area contributed by atoms with E-state index >= 15 is 0 Å². The highest BCUT2D eigenvalue weighted by Crippen LogP contribution is 2.07. The number of hydrogen-bond acceptors (Lipinski definition) is 3. The smallest absolute Gasteiger partial charge is 0.211 e. The van der Waals surface area contributed by atoms with Gasteiger partial charge in [-0.2, -0.15) is 5.10 Å². The number of rotatable bonds is 2. The molecule has 0 atom stereocenters. The summed E-state index contributed by atoms with van der Waals surface area (Å²) < 4.78 is 1.67. The van der Waals surface area contributed by atoms with Gasteiger partial charge in [0, 0.05) is 25.5 Å². The predicted octanol–water partition coefficient (Wildman–Crippen LogP) is 0.468. The van der Waals surface area contributed by atoms with Crippen LogP contribution in [-0.2, 0) is 13.5 Å². The standard InChI is InChI=1S/C11H12N2O2/c1-13-10-5-3-2-4-8(10)11(15)9(12-13)6-7-14/h2-5,14H,6-7H2,1H3. The predicted molar refractivity (Wildman–Crippen MR) is 57.8 cm³/mol. The number of para-hydroxylation sites is 1. The summed E-state index contributed by atoms with van der Waals surface area (Å²) in [6.45, 7) is -0.0550. The molecule has 0 saturated heterocycles. The number of nitrogens with zero attached hydrogens (tertiary/aromatic N) is 2. The fraction of sp³-hybridized carbons (Fsp3) is 0.273. The second-order valence-electron chi connectivity index (χ2n) is 3.39. The van der Waals surface area contributed by atoms with E-state index in [2.05, 4.69) is 5.10 Å². The van der Waals surface area contributed by atoms with Crippen molar-refractivity contribution in [3.63, 3.8) is 0 Å². The van der Waals surface area contributed by atoms with E-state index in [-0.39, 0.29) is 12.0 Å². The molecule has 0 spiro atoms. The molecular formula is C11H12N2O2. The second kappa shape index (κ2) is 3.82. The van der Waals surface area contributed by atoms with Gasteiger partial charge in [-0.3, -0.25) is 9.48 Å². The Morgan fingerprint density at radius 1 is 1.40 bits per heavy atom. The Kier molecular flexibility index (Phi) is 2.51. The molecule has 0 fully saturated rings. The first kappa shape index (κ1) is 9.86. The number of hydrogen-bond donors (Lipinski definition) is 1. The summed E-state index contributed by atoms with van der Waals surface area (Å²) in [7, 11) is 1.79. The van der Waals surface area contributed by atoms with Gasteiger partial charge < -0.3 is 5.11 Å². The number of benzene rings is 1. The Morgan fingerprint density at radius 2 is 2.13 bits per heavy atom. The minimum Gasteiger partial charge on any atom is -0.396 e. The molecule has 4 nitrogen and oxygen atoms in total. The fourth-order valence-corrected chi connectivity index (χ4v) is 1.65. The Morgan fingerprint density at radius 3 is 2.87 bits per heavy atom. The van der Waals surface area contributed by atoms with Crippen LogP contribution in [0, 0.1) is 0 Å². The largest absolute Gasteiger partial charge is 0.396 e. The van der Waals surface area contributed by atoms with E-state index in [1.807, 2.05) is 18.2 Å². The van der Waals surface area contributed by atoms with Crippen LogP contribution in [0.3, 0.4) is 0 Å². The molecular weight excluding hydrogens is 192 g/mol. The van der Waals surface area contributed by atoms with Crippen molar-refractivity contribution >= 4 is 10.9 Å². The third-order valence-corrected chi connectivity index (χ3v) is 2.38. The molecule has 2 aromatic rings. The summed E-state index contributed by atoms with van der Waals surface area (Å²) in [5, 5.41) is 13.6. The van der Waals surface area contributed by atoms with E-state index in [0.29, 0.717) is 17.5 Å². The van der Waals surface area contributed by atoms with Crippen LogP contribution in [0.25, 0.3) is 10.9 Å². The zero-order chi connectivity index (χ0) is 10.8. The maximum Gasteiger partial charge on any atom is 0.211 e. The average molecular weight is 204 g/mol. The molecule has 1 heterocycles. The van der Waals surface area contributed by atoms with Crippen molar-refractivity contribution in [2.75, 3.05) is 6.61 Å². The lowest BCUT2D eigenvalue weighted by atomic mass is 10.2. The van der Waals surface area contributed by atoms with Crippen LogP contribution in [0.15, 0.2) is 29.1 Å². The number of fused-ring (bicyclic) bond motifs is 1. The molecule has 2 rings (SSSR count). The second-order valence-corrected chi connectivity index (χ2v) is 3.39. The highest BCUT2D eigenvalue weighted by molar-refractivity contribution is 5.78. The quantitative estimate of drug-likeness (QED) is 0.773. The lowest BCUT2D eigenvalue weighted by molar-refractivity contribution is 0.297. The summed E-state index contributed by atoms with van der Waals surface area (Å²) >= 11 is 0. The zero-order valence-electron chi connectivity index (χ0n) is 8.47. The molecule has 78 valence electrons. The minimum atomic E-state index is -0.0854. The van der Waals surface area contributed by atoms with Gasteiger partial charge in [0.1, 0.15) is 5.69 Å². The number of aliphatic hydroxyl groups excluding tert-OH is 1. The molecule has 0 bridgehead atoms. The van der Waals surface area contributed by atoms with Crippen LogP contribution >= 0.6 is 0 Å². The van der Waals surface area contributed by atoms with Gasteiger partial charge in [-0.1, -0.05) is 12.1 Å². The summed E-state index contributed by atoms with van der Waals surface area (Å²) in [5.74, 6) is 0. The van der Waals surface area contributed by atoms with Gasteiger partial charge in [0.05, 0.1) is 5.52 Å². The Hall–Kier alpha value is -1.68. The third kappa shape index (κ3) is 1.64. The van der Waals surface area contributed by atoms with Crippen molar-refractivity contribution in [3.05, 3.63) is 40.2 Å². The molecule has 0 aliphatic heterocycles. The maximum atomic E-state index is 11.9. The highest BCUT2D eigenvalue weighted by atomic mass is 16.3. The van der Waals surface area contributed by atoms with Gasteiger partial charge in [0.25, 0.3) is 0 Å². The van der Waals surface area contributed by atoms with Gasteiger partial charge in [-0.15, -0.1) is 0 Å². The number of aryl methyl sites for hydroxylation is 1. The van der Waals surface area contributed by atoms with E-state index in [1.54, 1.807) is 17.8 Å². The normalized spacial score (nSPS) is 10.8. The van der Waals surface area contributed by atoms with E-state index < -0.39 is 0 Å². The summed E-state index contributed by atoms with van der Waals surface area (Å²) in [4.78, 5) is 11.9. The minimum absolute atomic E-state index is 0.0550. The average Bonchev–Trinajstić information content (AvgIpc) is 2.26. The van der Waals surface area contributed by atoms with Crippen molar-refractivity contribution < 1.29 is 5.11 Å². The van der Waals surface area contributed by atoms with Crippen LogP contribution in [0.1, 0.15) is 5.69 Å². The van der Waals surface area contributed by atoms with Crippen molar-refractivity contribution in [1.29, 1.82) is 0 Å². The summed E-state index contributed by atoms with van der Waals surface area (Å²) in [5.41, 5.74) is 1.14. The van der Waals surface area contributed by atoms with Crippen LogP contribution in [0.2, 0.25) is 0 Å². The first-order valence-electron chi connectivity index (χ1n) is 4.80. The maximum absolute atomic E-state index is 11.9. The fourth-order valence-electron chi connectivity index (χ4n) is 1.65. The van der Waals surface area contributed by atoms with E-state index in [9.17, 15) is 4.79 Å². The molecule has 15 heavy (non-hydrogen) atoms.